The topological polar surface area (TPSA) is 84.2 Å². The molecular formula is C18H21N5O2. The number of amides is 1. The van der Waals surface area contributed by atoms with Crippen molar-refractivity contribution in [2.24, 2.45) is 0 Å². The standard InChI is InChI=1S/C18H21N5O2/c1-4-9-23(10-15(24)21-14-8-6-5-7-12(14)2)17-16-13(3)22-25-18(16)20-11-19-17/h5-8,11H,4,9-10H2,1-3H3,(H,21,24). The van der Waals surface area contributed by atoms with E-state index in [4.69, 9.17) is 4.52 Å². The molecule has 3 aromatic rings. The monoisotopic (exact) mass is 339 g/mol. The van der Waals surface area contributed by atoms with Crippen LogP contribution in [0.1, 0.15) is 24.6 Å². The van der Waals surface area contributed by atoms with Gasteiger partial charge in [-0.3, -0.25) is 4.79 Å². The first-order valence-electron chi connectivity index (χ1n) is 8.27. The third-order valence-electron chi connectivity index (χ3n) is 3.97. The number of aryl methyl sites for hydroxylation is 2. The normalized spacial score (nSPS) is 10.8. The van der Waals surface area contributed by atoms with Gasteiger partial charge in [0.15, 0.2) is 0 Å². The highest BCUT2D eigenvalue weighted by atomic mass is 16.5. The van der Waals surface area contributed by atoms with Gasteiger partial charge in [-0.2, -0.15) is 4.98 Å². The molecule has 25 heavy (non-hydrogen) atoms. The van der Waals surface area contributed by atoms with Crippen molar-refractivity contribution in [2.45, 2.75) is 27.2 Å². The van der Waals surface area contributed by atoms with Gasteiger partial charge in [0, 0.05) is 12.2 Å². The van der Waals surface area contributed by atoms with Crippen LogP contribution in [-0.4, -0.2) is 34.1 Å². The number of para-hydroxylation sites is 1. The number of fused-ring (bicyclic) bond motifs is 1. The number of hydrogen-bond acceptors (Lipinski definition) is 6. The van der Waals surface area contributed by atoms with Crippen molar-refractivity contribution in [2.75, 3.05) is 23.3 Å². The Hall–Kier alpha value is -2.96. The Morgan fingerprint density at radius 3 is 2.80 bits per heavy atom. The van der Waals surface area contributed by atoms with Crippen LogP contribution in [0.15, 0.2) is 35.1 Å². The van der Waals surface area contributed by atoms with Crippen molar-refractivity contribution in [1.29, 1.82) is 0 Å². The summed E-state index contributed by atoms with van der Waals surface area (Å²) >= 11 is 0. The van der Waals surface area contributed by atoms with Crippen LogP contribution in [0.4, 0.5) is 11.5 Å². The molecule has 7 heteroatoms. The van der Waals surface area contributed by atoms with Crippen LogP contribution in [-0.2, 0) is 4.79 Å². The number of anilines is 2. The summed E-state index contributed by atoms with van der Waals surface area (Å²) in [4.78, 5) is 22.9. The largest absolute Gasteiger partial charge is 0.347 e. The molecule has 1 N–H and O–H groups in total. The van der Waals surface area contributed by atoms with Gasteiger partial charge >= 0.3 is 0 Å². The molecule has 0 spiro atoms. The minimum Gasteiger partial charge on any atom is -0.347 e. The highest BCUT2D eigenvalue weighted by molar-refractivity contribution is 5.96. The average molecular weight is 339 g/mol. The third-order valence-corrected chi connectivity index (χ3v) is 3.97. The van der Waals surface area contributed by atoms with Gasteiger partial charge in [0.25, 0.3) is 5.71 Å². The van der Waals surface area contributed by atoms with Crippen molar-refractivity contribution in [1.82, 2.24) is 15.1 Å². The summed E-state index contributed by atoms with van der Waals surface area (Å²) in [6, 6.07) is 7.71. The van der Waals surface area contributed by atoms with Crippen molar-refractivity contribution in [3.63, 3.8) is 0 Å². The first kappa shape index (κ1) is 16.9. The van der Waals surface area contributed by atoms with E-state index in [1.165, 1.54) is 6.33 Å². The van der Waals surface area contributed by atoms with Crippen LogP contribution < -0.4 is 10.2 Å². The molecule has 1 aromatic carbocycles. The van der Waals surface area contributed by atoms with Gasteiger partial charge in [-0.25, -0.2) is 4.98 Å². The lowest BCUT2D eigenvalue weighted by molar-refractivity contribution is -0.115. The average Bonchev–Trinajstić information content (AvgIpc) is 2.98. The van der Waals surface area contributed by atoms with Gasteiger partial charge in [-0.15, -0.1) is 0 Å². The molecule has 7 nitrogen and oxygen atoms in total. The summed E-state index contributed by atoms with van der Waals surface area (Å²) in [5, 5.41) is 7.66. The second kappa shape index (κ2) is 7.29. The van der Waals surface area contributed by atoms with Gasteiger partial charge in [-0.1, -0.05) is 30.3 Å². The molecule has 0 aliphatic carbocycles. The van der Waals surface area contributed by atoms with E-state index >= 15 is 0 Å². The number of carbonyl (C=O) groups excluding carboxylic acids is 1. The second-order valence-electron chi connectivity index (χ2n) is 5.93. The van der Waals surface area contributed by atoms with Gasteiger partial charge in [0.2, 0.25) is 5.91 Å². The van der Waals surface area contributed by atoms with E-state index in [1.54, 1.807) is 0 Å². The Morgan fingerprint density at radius 2 is 2.04 bits per heavy atom. The fourth-order valence-electron chi connectivity index (χ4n) is 2.75. The summed E-state index contributed by atoms with van der Waals surface area (Å²) in [6.07, 6.45) is 2.32. The van der Waals surface area contributed by atoms with Crippen molar-refractivity contribution in [3.8, 4) is 0 Å². The number of benzene rings is 1. The summed E-state index contributed by atoms with van der Waals surface area (Å²) < 4.78 is 5.21. The second-order valence-corrected chi connectivity index (χ2v) is 5.93. The summed E-state index contributed by atoms with van der Waals surface area (Å²) in [5.41, 5.74) is 2.99. The zero-order valence-corrected chi connectivity index (χ0v) is 14.6. The van der Waals surface area contributed by atoms with Gasteiger partial charge < -0.3 is 14.7 Å². The highest BCUT2D eigenvalue weighted by Crippen LogP contribution is 2.26. The molecule has 1 amide bonds. The fourth-order valence-corrected chi connectivity index (χ4v) is 2.75. The maximum absolute atomic E-state index is 12.5. The number of nitrogens with zero attached hydrogens (tertiary/aromatic N) is 4. The van der Waals surface area contributed by atoms with Crippen LogP contribution >= 0.6 is 0 Å². The minimum absolute atomic E-state index is 0.0939. The molecule has 0 fully saturated rings. The number of rotatable bonds is 6. The van der Waals surface area contributed by atoms with Gasteiger partial charge in [-0.05, 0) is 31.9 Å². The summed E-state index contributed by atoms with van der Waals surface area (Å²) in [6.45, 7) is 6.76. The molecule has 0 bridgehead atoms. The van der Waals surface area contributed by atoms with E-state index in [-0.39, 0.29) is 12.5 Å². The first-order chi connectivity index (χ1) is 12.1. The first-order valence-corrected chi connectivity index (χ1v) is 8.27. The number of nitrogens with one attached hydrogen (secondary N) is 1. The van der Waals surface area contributed by atoms with Crippen molar-refractivity contribution < 1.29 is 9.32 Å². The number of aromatic nitrogens is 3. The molecular weight excluding hydrogens is 318 g/mol. The van der Waals surface area contributed by atoms with Gasteiger partial charge in [0.1, 0.15) is 17.5 Å². The van der Waals surface area contributed by atoms with Crippen LogP contribution in [0.5, 0.6) is 0 Å². The number of hydrogen-bond donors (Lipinski definition) is 1. The maximum atomic E-state index is 12.5. The smallest absolute Gasteiger partial charge is 0.263 e. The summed E-state index contributed by atoms with van der Waals surface area (Å²) in [5.74, 6) is 0.578. The van der Waals surface area contributed by atoms with E-state index in [0.29, 0.717) is 23.8 Å². The molecule has 3 rings (SSSR count). The highest BCUT2D eigenvalue weighted by Gasteiger charge is 2.19. The van der Waals surface area contributed by atoms with Crippen LogP contribution in [0.25, 0.3) is 11.1 Å². The van der Waals surface area contributed by atoms with Crippen LogP contribution in [0.2, 0.25) is 0 Å². The third kappa shape index (κ3) is 3.60. The van der Waals surface area contributed by atoms with Gasteiger partial charge in [0.05, 0.1) is 12.2 Å². The van der Waals surface area contributed by atoms with E-state index in [1.807, 2.05) is 43.0 Å². The molecule has 0 atom stereocenters. The SMILES string of the molecule is CCCN(CC(=O)Nc1ccccc1C)c1ncnc2onc(C)c12. The molecule has 0 aliphatic heterocycles. The molecule has 0 radical (unpaired) electrons. The zero-order valence-electron chi connectivity index (χ0n) is 14.6. The maximum Gasteiger partial charge on any atom is 0.263 e. The van der Waals surface area contributed by atoms with Crippen molar-refractivity contribution in [3.05, 3.63) is 41.9 Å². The molecule has 0 saturated carbocycles. The molecule has 130 valence electrons. The number of carbonyl (C=O) groups is 1. The Morgan fingerprint density at radius 1 is 1.24 bits per heavy atom. The predicted molar refractivity (Wildman–Crippen MR) is 96.6 cm³/mol. The van der Waals surface area contributed by atoms with E-state index in [0.717, 1.165) is 23.1 Å². The van der Waals surface area contributed by atoms with E-state index in [9.17, 15) is 4.79 Å². The molecule has 2 heterocycles. The minimum atomic E-state index is -0.0939. The fraction of sp³-hybridized carbons (Fsp3) is 0.333. The predicted octanol–water partition coefficient (Wildman–Crippen LogP) is 3.09. The van der Waals surface area contributed by atoms with E-state index in [2.05, 4.69) is 27.4 Å². The Bertz CT molecular complexity index is 890. The molecule has 0 unspecified atom stereocenters. The Kier molecular flexibility index (Phi) is 4.92. The van der Waals surface area contributed by atoms with Crippen LogP contribution in [0.3, 0.4) is 0 Å². The molecule has 0 saturated heterocycles. The van der Waals surface area contributed by atoms with Crippen molar-refractivity contribution >= 4 is 28.5 Å². The lowest BCUT2D eigenvalue weighted by Crippen LogP contribution is -2.34. The van der Waals surface area contributed by atoms with Crippen LogP contribution in [0, 0.1) is 13.8 Å². The lowest BCUT2D eigenvalue weighted by Gasteiger charge is -2.23. The lowest BCUT2D eigenvalue weighted by atomic mass is 10.2. The molecule has 2 aromatic heterocycles. The Labute approximate surface area is 146 Å². The van der Waals surface area contributed by atoms with E-state index < -0.39 is 0 Å². The zero-order chi connectivity index (χ0) is 17.8. The quantitative estimate of drug-likeness (QED) is 0.743. The Balaban J connectivity index is 1.85. The summed E-state index contributed by atoms with van der Waals surface area (Å²) in [7, 11) is 0. The molecule has 0 aliphatic rings.